The summed E-state index contributed by atoms with van der Waals surface area (Å²) in [4.78, 5) is 16.5. The molecular formula is C19H22FN3O2. The highest BCUT2D eigenvalue weighted by molar-refractivity contribution is 6.07. The Labute approximate surface area is 146 Å². The molecule has 0 fully saturated rings. The molecule has 0 saturated carbocycles. The molecule has 25 heavy (non-hydrogen) atoms. The van der Waals surface area contributed by atoms with E-state index in [1.807, 2.05) is 32.9 Å². The van der Waals surface area contributed by atoms with E-state index in [-0.39, 0.29) is 22.8 Å². The first kappa shape index (κ1) is 18.4. The van der Waals surface area contributed by atoms with Gasteiger partial charge in [0.25, 0.3) is 5.91 Å². The number of carbonyl (C=O) groups is 1. The molecule has 0 aliphatic heterocycles. The number of nitrogens with one attached hydrogen (secondary N) is 1. The Balaban J connectivity index is 2.17. The van der Waals surface area contributed by atoms with Gasteiger partial charge in [0.1, 0.15) is 5.82 Å². The van der Waals surface area contributed by atoms with Crippen molar-refractivity contribution < 1.29 is 13.9 Å². The van der Waals surface area contributed by atoms with Gasteiger partial charge in [-0.25, -0.2) is 9.37 Å². The Morgan fingerprint density at radius 1 is 1.40 bits per heavy atom. The first-order valence-electron chi connectivity index (χ1n) is 8.01. The van der Waals surface area contributed by atoms with Gasteiger partial charge in [-0.2, -0.15) is 0 Å². The fourth-order valence-electron chi connectivity index (χ4n) is 2.22. The van der Waals surface area contributed by atoms with Crippen molar-refractivity contribution in [3.05, 3.63) is 59.1 Å². The van der Waals surface area contributed by atoms with Crippen LogP contribution in [-0.4, -0.2) is 17.5 Å². The van der Waals surface area contributed by atoms with Gasteiger partial charge in [0, 0.05) is 5.69 Å². The van der Waals surface area contributed by atoms with E-state index in [4.69, 9.17) is 10.5 Å². The Morgan fingerprint density at radius 3 is 2.88 bits per heavy atom. The summed E-state index contributed by atoms with van der Waals surface area (Å²) in [7, 11) is 0. The lowest BCUT2D eigenvalue weighted by molar-refractivity contribution is 0.102. The molecule has 1 heterocycles. The molecule has 6 heteroatoms. The zero-order valence-electron chi connectivity index (χ0n) is 14.6. The van der Waals surface area contributed by atoms with Crippen LogP contribution in [-0.2, 0) is 0 Å². The smallest absolute Gasteiger partial charge is 0.259 e. The van der Waals surface area contributed by atoms with Crippen molar-refractivity contribution in [1.82, 2.24) is 4.98 Å². The minimum absolute atomic E-state index is 0.0335. The summed E-state index contributed by atoms with van der Waals surface area (Å²) in [6.07, 6.45) is 4.51. The fraction of sp³-hybridized carbons (Fsp3) is 0.263. The van der Waals surface area contributed by atoms with Crippen molar-refractivity contribution >= 4 is 17.4 Å². The number of benzene rings is 1. The maximum Gasteiger partial charge on any atom is 0.259 e. The van der Waals surface area contributed by atoms with E-state index in [9.17, 15) is 9.18 Å². The summed E-state index contributed by atoms with van der Waals surface area (Å²) in [5.74, 6) is -0.932. The minimum atomic E-state index is -0.619. The first-order valence-corrected chi connectivity index (χ1v) is 8.01. The molecule has 2 aromatic rings. The van der Waals surface area contributed by atoms with E-state index in [0.717, 1.165) is 11.3 Å². The van der Waals surface area contributed by atoms with Crippen LogP contribution in [0.1, 0.15) is 35.0 Å². The lowest BCUT2D eigenvalue weighted by atomic mass is 10.1. The van der Waals surface area contributed by atoms with Crippen molar-refractivity contribution in [2.45, 2.75) is 27.2 Å². The number of nitrogen functional groups attached to an aromatic ring is 1. The second kappa shape index (κ2) is 8.28. The number of aromatic nitrogens is 1. The monoisotopic (exact) mass is 343 g/mol. The number of amides is 1. The third-order valence-corrected chi connectivity index (χ3v) is 3.73. The molecule has 0 aliphatic rings. The van der Waals surface area contributed by atoms with E-state index in [0.29, 0.717) is 13.0 Å². The Kier molecular flexibility index (Phi) is 6.11. The number of anilines is 2. The number of nitrogens with two attached hydrogens (primary N) is 1. The second-order valence-electron chi connectivity index (χ2n) is 5.60. The zero-order valence-corrected chi connectivity index (χ0v) is 14.6. The van der Waals surface area contributed by atoms with E-state index in [1.54, 1.807) is 12.1 Å². The summed E-state index contributed by atoms with van der Waals surface area (Å²) >= 11 is 0. The van der Waals surface area contributed by atoms with Crippen LogP contribution in [0.2, 0.25) is 0 Å². The molecule has 1 aromatic carbocycles. The number of aryl methyl sites for hydroxylation is 2. The third-order valence-electron chi connectivity index (χ3n) is 3.73. The molecule has 0 spiro atoms. The quantitative estimate of drug-likeness (QED) is 0.613. The molecule has 0 aliphatic carbocycles. The predicted molar refractivity (Wildman–Crippen MR) is 97.4 cm³/mol. The molecule has 0 radical (unpaired) electrons. The van der Waals surface area contributed by atoms with Crippen LogP contribution in [0, 0.1) is 19.7 Å². The van der Waals surface area contributed by atoms with Gasteiger partial charge < -0.3 is 15.8 Å². The summed E-state index contributed by atoms with van der Waals surface area (Å²) in [6.45, 7) is 5.90. The topological polar surface area (TPSA) is 77.2 Å². The number of nitrogens with zero attached hydrogens (tertiary/aromatic N) is 1. The maximum atomic E-state index is 14.5. The molecule has 0 unspecified atom stereocenters. The van der Waals surface area contributed by atoms with Crippen molar-refractivity contribution in [2.75, 3.05) is 17.7 Å². The number of allylic oxidation sites excluding steroid dienone is 1. The average Bonchev–Trinajstić information content (AvgIpc) is 2.58. The molecule has 2 rings (SSSR count). The standard InChI is InChI=1S/C19H22FN3O2/c1-4-5-6-10-25-16-9-7-8-15(17(16)20)23-19(24)14-11-12(2)13(3)22-18(14)21/h4-5,7-9,11H,6,10H2,1-3H3,(H2,21,22)(H,23,24). The lowest BCUT2D eigenvalue weighted by Crippen LogP contribution is -2.17. The maximum absolute atomic E-state index is 14.5. The molecule has 1 aromatic heterocycles. The Bertz CT molecular complexity index is 803. The van der Waals surface area contributed by atoms with Gasteiger partial charge >= 0.3 is 0 Å². The number of halogens is 1. The molecule has 0 bridgehead atoms. The second-order valence-corrected chi connectivity index (χ2v) is 5.60. The minimum Gasteiger partial charge on any atom is -0.490 e. The van der Waals surface area contributed by atoms with Gasteiger partial charge in [0.2, 0.25) is 0 Å². The van der Waals surface area contributed by atoms with E-state index in [1.165, 1.54) is 12.1 Å². The molecule has 1 amide bonds. The number of hydrogen-bond acceptors (Lipinski definition) is 4. The van der Waals surface area contributed by atoms with Crippen molar-refractivity contribution in [3.8, 4) is 5.75 Å². The van der Waals surface area contributed by atoms with Gasteiger partial charge in [-0.05, 0) is 51.0 Å². The molecule has 0 atom stereocenters. The normalized spacial score (nSPS) is 10.9. The zero-order chi connectivity index (χ0) is 18.4. The highest BCUT2D eigenvalue weighted by Gasteiger charge is 2.16. The van der Waals surface area contributed by atoms with Crippen LogP contribution in [0.3, 0.4) is 0 Å². The van der Waals surface area contributed by atoms with Crippen molar-refractivity contribution in [2.24, 2.45) is 0 Å². The SMILES string of the molecule is CC=CCCOc1cccc(NC(=O)c2cc(C)c(C)nc2N)c1F. The van der Waals surface area contributed by atoms with E-state index in [2.05, 4.69) is 10.3 Å². The average molecular weight is 343 g/mol. The number of carbonyl (C=O) groups excluding carboxylic acids is 1. The van der Waals surface area contributed by atoms with Gasteiger partial charge in [-0.15, -0.1) is 0 Å². The fourth-order valence-corrected chi connectivity index (χ4v) is 2.22. The molecule has 132 valence electrons. The summed E-state index contributed by atoms with van der Waals surface area (Å²) in [5, 5.41) is 2.53. The predicted octanol–water partition coefficient (Wildman–Crippen LogP) is 4.02. The summed E-state index contributed by atoms with van der Waals surface area (Å²) in [6, 6.07) is 6.25. The van der Waals surface area contributed by atoms with Gasteiger partial charge in [0.05, 0.1) is 17.9 Å². The van der Waals surface area contributed by atoms with Crippen LogP contribution in [0.25, 0.3) is 0 Å². The largest absolute Gasteiger partial charge is 0.490 e. The van der Waals surface area contributed by atoms with Crippen LogP contribution in [0.5, 0.6) is 5.75 Å². The molecule has 3 N–H and O–H groups in total. The lowest BCUT2D eigenvalue weighted by Gasteiger charge is -2.12. The van der Waals surface area contributed by atoms with Crippen LogP contribution in [0.4, 0.5) is 15.9 Å². The number of rotatable bonds is 6. The van der Waals surface area contributed by atoms with Gasteiger partial charge in [-0.3, -0.25) is 4.79 Å². The van der Waals surface area contributed by atoms with Gasteiger partial charge in [-0.1, -0.05) is 18.2 Å². The Morgan fingerprint density at radius 2 is 2.16 bits per heavy atom. The molecule has 5 nitrogen and oxygen atoms in total. The highest BCUT2D eigenvalue weighted by atomic mass is 19.1. The van der Waals surface area contributed by atoms with E-state index >= 15 is 0 Å². The van der Waals surface area contributed by atoms with Crippen molar-refractivity contribution in [1.29, 1.82) is 0 Å². The number of hydrogen-bond donors (Lipinski definition) is 2. The molecule has 0 saturated heterocycles. The van der Waals surface area contributed by atoms with Gasteiger partial charge in [0.15, 0.2) is 11.6 Å². The van der Waals surface area contributed by atoms with Crippen LogP contribution >= 0.6 is 0 Å². The Hall–Kier alpha value is -2.89. The molecular weight excluding hydrogens is 321 g/mol. The first-order chi connectivity index (χ1) is 11.9. The van der Waals surface area contributed by atoms with Crippen molar-refractivity contribution in [3.63, 3.8) is 0 Å². The summed E-state index contributed by atoms with van der Waals surface area (Å²) < 4.78 is 19.9. The van der Waals surface area contributed by atoms with E-state index < -0.39 is 11.7 Å². The third kappa shape index (κ3) is 4.56. The summed E-state index contributed by atoms with van der Waals surface area (Å²) in [5.41, 5.74) is 7.63. The van der Waals surface area contributed by atoms with Crippen LogP contribution < -0.4 is 15.8 Å². The highest BCUT2D eigenvalue weighted by Crippen LogP contribution is 2.25. The van der Waals surface area contributed by atoms with Crippen LogP contribution in [0.15, 0.2) is 36.4 Å². The number of pyridine rings is 1. The number of ether oxygens (including phenoxy) is 1.